The van der Waals surface area contributed by atoms with Crippen LogP contribution in [0.4, 0.5) is 4.79 Å². The average molecular weight is 314 g/mol. The van der Waals surface area contributed by atoms with Crippen molar-refractivity contribution in [3.8, 4) is 0 Å². The molecule has 2 aromatic rings. The number of aliphatic hydroxyl groups excluding tert-OH is 1. The number of hydrogen-bond acceptors (Lipinski definition) is 2. The van der Waals surface area contributed by atoms with E-state index in [1.807, 2.05) is 26.0 Å². The lowest BCUT2D eigenvalue weighted by atomic mass is 10.1. The Hall–Kier alpha value is -2.07. The molecule has 0 saturated carbocycles. The van der Waals surface area contributed by atoms with Gasteiger partial charge in [-0.3, -0.25) is 0 Å². The van der Waals surface area contributed by atoms with Crippen molar-refractivity contribution in [3.63, 3.8) is 0 Å². The monoisotopic (exact) mass is 314 g/mol. The molecule has 2 amide bonds. The number of amides is 2. The van der Waals surface area contributed by atoms with Crippen LogP contribution >= 0.6 is 0 Å². The molecule has 4 nitrogen and oxygen atoms in total. The minimum Gasteiger partial charge on any atom is -0.392 e. The Balaban J connectivity index is 1.90. The van der Waals surface area contributed by atoms with E-state index in [0.29, 0.717) is 13.1 Å². The molecule has 2 N–H and O–H groups in total. The van der Waals surface area contributed by atoms with Gasteiger partial charge in [0.25, 0.3) is 0 Å². The molecule has 1 unspecified atom stereocenters. The second kappa shape index (κ2) is 7.97. The van der Waals surface area contributed by atoms with Crippen molar-refractivity contribution >= 4 is 16.8 Å². The summed E-state index contributed by atoms with van der Waals surface area (Å²) < 4.78 is 0. The predicted octanol–water partition coefficient (Wildman–Crippen LogP) is 3.18. The van der Waals surface area contributed by atoms with Crippen molar-refractivity contribution in [2.45, 2.75) is 39.3 Å². The van der Waals surface area contributed by atoms with Crippen LogP contribution in [0, 0.1) is 0 Å². The highest BCUT2D eigenvalue weighted by molar-refractivity contribution is 5.83. The summed E-state index contributed by atoms with van der Waals surface area (Å²) in [5.74, 6) is 0. The van der Waals surface area contributed by atoms with Crippen molar-refractivity contribution < 1.29 is 9.90 Å². The SMILES string of the molecule is CC(O)CN(C(=O)NCCc1ccc2ccccc2c1)C(C)C. The van der Waals surface area contributed by atoms with E-state index in [-0.39, 0.29) is 12.1 Å². The van der Waals surface area contributed by atoms with Gasteiger partial charge in [-0.25, -0.2) is 4.79 Å². The molecule has 0 aromatic heterocycles. The fraction of sp³-hybridized carbons (Fsp3) is 0.421. The molecule has 4 heteroatoms. The van der Waals surface area contributed by atoms with Crippen molar-refractivity contribution in [2.24, 2.45) is 0 Å². The van der Waals surface area contributed by atoms with Crippen LogP contribution in [0.15, 0.2) is 42.5 Å². The van der Waals surface area contributed by atoms with E-state index in [9.17, 15) is 9.90 Å². The summed E-state index contributed by atoms with van der Waals surface area (Å²) >= 11 is 0. The molecule has 0 saturated heterocycles. The second-order valence-electron chi connectivity index (χ2n) is 6.26. The summed E-state index contributed by atoms with van der Waals surface area (Å²) in [7, 11) is 0. The zero-order chi connectivity index (χ0) is 16.8. The molecule has 1 atom stereocenters. The molecule has 0 radical (unpaired) electrons. The lowest BCUT2D eigenvalue weighted by molar-refractivity contribution is 0.119. The van der Waals surface area contributed by atoms with Gasteiger partial charge in [-0.2, -0.15) is 0 Å². The third kappa shape index (κ3) is 4.96. The van der Waals surface area contributed by atoms with Crippen molar-refractivity contribution in [1.82, 2.24) is 10.2 Å². The fourth-order valence-corrected chi connectivity index (χ4v) is 2.62. The van der Waals surface area contributed by atoms with E-state index < -0.39 is 6.10 Å². The third-order valence-corrected chi connectivity index (χ3v) is 3.85. The molecular weight excluding hydrogens is 288 g/mol. The largest absolute Gasteiger partial charge is 0.392 e. The highest BCUT2D eigenvalue weighted by Crippen LogP contribution is 2.15. The van der Waals surface area contributed by atoms with Crippen LogP contribution in [0.2, 0.25) is 0 Å². The van der Waals surface area contributed by atoms with Gasteiger partial charge in [0.15, 0.2) is 0 Å². The third-order valence-electron chi connectivity index (χ3n) is 3.85. The highest BCUT2D eigenvalue weighted by Gasteiger charge is 2.17. The van der Waals surface area contributed by atoms with Gasteiger partial charge in [0.05, 0.1) is 6.10 Å². The van der Waals surface area contributed by atoms with E-state index in [2.05, 4.69) is 35.6 Å². The van der Waals surface area contributed by atoms with Crippen LogP contribution in [0.25, 0.3) is 10.8 Å². The number of aliphatic hydroxyl groups is 1. The van der Waals surface area contributed by atoms with Gasteiger partial charge < -0.3 is 15.3 Å². The molecular formula is C19H26N2O2. The minimum absolute atomic E-state index is 0.0604. The number of carbonyl (C=O) groups excluding carboxylic acids is 1. The van der Waals surface area contributed by atoms with E-state index >= 15 is 0 Å². The van der Waals surface area contributed by atoms with Gasteiger partial charge in [0.1, 0.15) is 0 Å². The minimum atomic E-state index is -0.524. The molecule has 2 rings (SSSR count). The van der Waals surface area contributed by atoms with Crippen LogP contribution in [-0.4, -0.2) is 41.3 Å². The Labute approximate surface area is 138 Å². The summed E-state index contributed by atoms with van der Waals surface area (Å²) in [5.41, 5.74) is 1.20. The maximum atomic E-state index is 12.2. The Morgan fingerprint density at radius 1 is 1.13 bits per heavy atom. The molecule has 0 aliphatic rings. The number of benzene rings is 2. The predicted molar refractivity (Wildman–Crippen MR) is 94.6 cm³/mol. The summed E-state index contributed by atoms with van der Waals surface area (Å²) in [6.07, 6.45) is 0.264. The van der Waals surface area contributed by atoms with Crippen LogP contribution in [0.5, 0.6) is 0 Å². The zero-order valence-corrected chi connectivity index (χ0v) is 14.1. The maximum absolute atomic E-state index is 12.2. The molecule has 2 aromatic carbocycles. The highest BCUT2D eigenvalue weighted by atomic mass is 16.3. The first-order valence-electron chi connectivity index (χ1n) is 8.17. The number of nitrogens with one attached hydrogen (secondary N) is 1. The lowest BCUT2D eigenvalue weighted by Crippen LogP contribution is -2.47. The topological polar surface area (TPSA) is 52.6 Å². The summed E-state index contributed by atoms with van der Waals surface area (Å²) in [4.78, 5) is 13.9. The van der Waals surface area contributed by atoms with Crippen LogP contribution in [-0.2, 0) is 6.42 Å². The van der Waals surface area contributed by atoms with Crippen molar-refractivity contribution in [3.05, 3.63) is 48.0 Å². The zero-order valence-electron chi connectivity index (χ0n) is 14.1. The van der Waals surface area contributed by atoms with Gasteiger partial charge in [0.2, 0.25) is 0 Å². The summed E-state index contributed by atoms with van der Waals surface area (Å²) in [6, 6.07) is 14.6. The first-order valence-corrected chi connectivity index (χ1v) is 8.17. The van der Waals surface area contributed by atoms with Gasteiger partial charge in [-0.1, -0.05) is 42.5 Å². The normalized spacial score (nSPS) is 12.4. The van der Waals surface area contributed by atoms with Crippen molar-refractivity contribution in [1.29, 1.82) is 0 Å². The number of urea groups is 1. The smallest absolute Gasteiger partial charge is 0.317 e. The molecule has 0 aliphatic heterocycles. The fourth-order valence-electron chi connectivity index (χ4n) is 2.62. The molecule has 0 heterocycles. The molecule has 0 aliphatic carbocycles. The summed E-state index contributed by atoms with van der Waals surface area (Å²) in [6.45, 7) is 6.52. The van der Waals surface area contributed by atoms with Crippen LogP contribution in [0.1, 0.15) is 26.3 Å². The number of fused-ring (bicyclic) bond motifs is 1. The van der Waals surface area contributed by atoms with Crippen LogP contribution in [0.3, 0.4) is 0 Å². The summed E-state index contributed by atoms with van der Waals surface area (Å²) in [5, 5.41) is 14.9. The van der Waals surface area contributed by atoms with E-state index in [4.69, 9.17) is 0 Å². The Bertz CT molecular complexity index is 653. The number of carbonyl (C=O) groups is 1. The average Bonchev–Trinajstić information content (AvgIpc) is 2.52. The number of hydrogen-bond donors (Lipinski definition) is 2. The second-order valence-corrected chi connectivity index (χ2v) is 6.26. The Morgan fingerprint density at radius 2 is 1.83 bits per heavy atom. The number of nitrogens with zero attached hydrogens (tertiary/aromatic N) is 1. The maximum Gasteiger partial charge on any atom is 0.317 e. The van der Waals surface area contributed by atoms with E-state index in [1.165, 1.54) is 16.3 Å². The van der Waals surface area contributed by atoms with E-state index in [1.54, 1.807) is 11.8 Å². The van der Waals surface area contributed by atoms with Crippen LogP contribution < -0.4 is 5.32 Å². The quantitative estimate of drug-likeness (QED) is 0.860. The van der Waals surface area contributed by atoms with Gasteiger partial charge in [-0.15, -0.1) is 0 Å². The molecule has 0 fully saturated rings. The van der Waals surface area contributed by atoms with E-state index in [0.717, 1.165) is 6.42 Å². The number of rotatable bonds is 6. The molecule has 23 heavy (non-hydrogen) atoms. The van der Waals surface area contributed by atoms with Gasteiger partial charge >= 0.3 is 6.03 Å². The Kier molecular flexibility index (Phi) is 5.99. The van der Waals surface area contributed by atoms with Gasteiger partial charge in [-0.05, 0) is 43.5 Å². The standard InChI is InChI=1S/C19H26N2O2/c1-14(2)21(13-15(3)22)19(23)20-11-10-16-8-9-17-6-4-5-7-18(17)12-16/h4-9,12,14-15,22H,10-11,13H2,1-3H3,(H,20,23). The van der Waals surface area contributed by atoms with Crippen molar-refractivity contribution in [2.75, 3.05) is 13.1 Å². The lowest BCUT2D eigenvalue weighted by Gasteiger charge is -2.28. The molecule has 0 bridgehead atoms. The molecule has 124 valence electrons. The first kappa shape index (κ1) is 17.3. The first-order chi connectivity index (χ1) is 11.0. The Morgan fingerprint density at radius 3 is 2.48 bits per heavy atom. The van der Waals surface area contributed by atoms with Gasteiger partial charge in [0, 0.05) is 19.1 Å². The molecule has 0 spiro atoms.